The maximum absolute atomic E-state index is 13.6. The molecule has 2 N–H and O–H groups in total. The lowest BCUT2D eigenvalue weighted by Gasteiger charge is -2.17. The number of amides is 1. The van der Waals surface area contributed by atoms with Crippen LogP contribution in [-0.4, -0.2) is 24.2 Å². The Morgan fingerprint density at radius 1 is 1.05 bits per heavy atom. The topological polar surface area (TPSA) is 49.3 Å². The van der Waals surface area contributed by atoms with Gasteiger partial charge in [0.2, 0.25) is 0 Å². The maximum atomic E-state index is 13.6. The molecule has 1 unspecified atom stereocenters. The van der Waals surface area contributed by atoms with Gasteiger partial charge < -0.3 is 10.4 Å². The first kappa shape index (κ1) is 16.1. The summed E-state index contributed by atoms with van der Waals surface area (Å²) in [6.45, 7) is 0.153. The number of hydrogen-bond acceptors (Lipinski definition) is 2. The van der Waals surface area contributed by atoms with Crippen molar-refractivity contribution >= 4 is 5.91 Å². The normalized spacial score (nSPS) is 12.0. The molecule has 0 heterocycles. The Labute approximate surface area is 127 Å². The van der Waals surface area contributed by atoms with Gasteiger partial charge in [-0.25, -0.2) is 8.78 Å². The lowest BCUT2D eigenvalue weighted by Crippen LogP contribution is -2.30. The van der Waals surface area contributed by atoms with Crippen LogP contribution in [0.1, 0.15) is 28.3 Å². The summed E-state index contributed by atoms with van der Waals surface area (Å²) in [5.41, 5.74) is 0.365. The minimum absolute atomic E-state index is 0.0382. The van der Waals surface area contributed by atoms with E-state index in [1.165, 1.54) is 6.07 Å². The Morgan fingerprint density at radius 2 is 1.68 bits per heavy atom. The first-order valence-corrected chi connectivity index (χ1v) is 7.01. The SMILES string of the molecule is O=C(NCC(CCO)c1ccccc1)c1c(F)cccc1F. The number of aliphatic hydroxyl groups is 1. The zero-order chi connectivity index (χ0) is 15.9. The van der Waals surface area contributed by atoms with Crippen molar-refractivity contribution in [1.82, 2.24) is 5.32 Å². The number of halogens is 2. The van der Waals surface area contributed by atoms with Gasteiger partial charge in [-0.2, -0.15) is 0 Å². The molecule has 0 saturated carbocycles. The predicted molar refractivity (Wildman–Crippen MR) is 79.6 cm³/mol. The van der Waals surface area contributed by atoms with Crippen LogP contribution in [0.3, 0.4) is 0 Å². The number of nitrogens with one attached hydrogen (secondary N) is 1. The van der Waals surface area contributed by atoms with Gasteiger partial charge in [0.1, 0.15) is 17.2 Å². The van der Waals surface area contributed by atoms with E-state index < -0.39 is 23.1 Å². The van der Waals surface area contributed by atoms with Crippen molar-refractivity contribution in [2.75, 3.05) is 13.2 Å². The van der Waals surface area contributed by atoms with Crippen LogP contribution in [0.15, 0.2) is 48.5 Å². The van der Waals surface area contributed by atoms with Gasteiger partial charge in [-0.05, 0) is 24.1 Å². The molecule has 22 heavy (non-hydrogen) atoms. The van der Waals surface area contributed by atoms with Crippen molar-refractivity contribution < 1.29 is 18.7 Å². The monoisotopic (exact) mass is 305 g/mol. The molecule has 2 aromatic carbocycles. The number of aliphatic hydroxyl groups excluding tert-OH is 1. The lowest BCUT2D eigenvalue weighted by atomic mass is 9.96. The fourth-order valence-corrected chi connectivity index (χ4v) is 2.29. The quantitative estimate of drug-likeness (QED) is 0.862. The van der Waals surface area contributed by atoms with E-state index in [2.05, 4.69) is 5.32 Å². The standard InChI is InChI=1S/C17H17F2NO2/c18-14-7-4-8-15(19)16(14)17(22)20-11-13(9-10-21)12-5-2-1-3-6-12/h1-8,13,21H,9-11H2,(H,20,22). The number of carbonyl (C=O) groups excluding carboxylic acids is 1. The minimum atomic E-state index is -0.893. The minimum Gasteiger partial charge on any atom is -0.396 e. The van der Waals surface area contributed by atoms with Crippen LogP contribution in [0.5, 0.6) is 0 Å². The first-order valence-electron chi connectivity index (χ1n) is 7.01. The van der Waals surface area contributed by atoms with Crippen molar-refractivity contribution in [3.63, 3.8) is 0 Å². The molecule has 0 saturated heterocycles. The summed E-state index contributed by atoms with van der Waals surface area (Å²) in [5.74, 6) is -2.70. The second-order valence-corrected chi connectivity index (χ2v) is 4.93. The molecule has 0 aromatic heterocycles. The Kier molecular flexibility index (Phi) is 5.61. The molecule has 5 heteroatoms. The highest BCUT2D eigenvalue weighted by Crippen LogP contribution is 2.19. The van der Waals surface area contributed by atoms with Crippen LogP contribution < -0.4 is 5.32 Å². The van der Waals surface area contributed by atoms with Crippen molar-refractivity contribution in [3.05, 3.63) is 71.3 Å². The number of carbonyl (C=O) groups is 1. The molecule has 0 aliphatic rings. The zero-order valence-electron chi connectivity index (χ0n) is 11.9. The highest BCUT2D eigenvalue weighted by molar-refractivity contribution is 5.94. The molecule has 2 aromatic rings. The number of rotatable bonds is 6. The number of benzene rings is 2. The molecule has 0 aliphatic heterocycles. The van der Waals surface area contributed by atoms with E-state index in [9.17, 15) is 13.6 Å². The lowest BCUT2D eigenvalue weighted by molar-refractivity contribution is 0.0941. The maximum Gasteiger partial charge on any atom is 0.257 e. The fraction of sp³-hybridized carbons (Fsp3) is 0.235. The third-order valence-corrected chi connectivity index (χ3v) is 3.45. The van der Waals surface area contributed by atoms with Crippen molar-refractivity contribution in [1.29, 1.82) is 0 Å². The predicted octanol–water partition coefficient (Wildman–Crippen LogP) is 2.86. The molecule has 0 radical (unpaired) electrons. The van der Waals surface area contributed by atoms with E-state index in [4.69, 9.17) is 5.11 Å². The van der Waals surface area contributed by atoms with Crippen LogP contribution in [-0.2, 0) is 0 Å². The summed E-state index contributed by atoms with van der Waals surface area (Å²) in [7, 11) is 0. The van der Waals surface area contributed by atoms with Crippen LogP contribution >= 0.6 is 0 Å². The van der Waals surface area contributed by atoms with Crippen LogP contribution in [0.25, 0.3) is 0 Å². The molecule has 0 spiro atoms. The molecule has 3 nitrogen and oxygen atoms in total. The van der Waals surface area contributed by atoms with Gasteiger partial charge in [-0.15, -0.1) is 0 Å². The molecule has 116 valence electrons. The summed E-state index contributed by atoms with van der Waals surface area (Å²) in [6, 6.07) is 12.6. The van der Waals surface area contributed by atoms with E-state index in [1.807, 2.05) is 30.3 Å². The van der Waals surface area contributed by atoms with E-state index in [1.54, 1.807) is 0 Å². The summed E-state index contributed by atoms with van der Waals surface area (Å²) < 4.78 is 27.1. The van der Waals surface area contributed by atoms with E-state index >= 15 is 0 Å². The van der Waals surface area contributed by atoms with Crippen molar-refractivity contribution in [3.8, 4) is 0 Å². The zero-order valence-corrected chi connectivity index (χ0v) is 11.9. The molecule has 0 fully saturated rings. The molecule has 0 bridgehead atoms. The second-order valence-electron chi connectivity index (χ2n) is 4.93. The van der Waals surface area contributed by atoms with Crippen molar-refractivity contribution in [2.45, 2.75) is 12.3 Å². The highest BCUT2D eigenvalue weighted by Gasteiger charge is 2.18. The largest absolute Gasteiger partial charge is 0.396 e. The van der Waals surface area contributed by atoms with E-state index in [0.29, 0.717) is 6.42 Å². The van der Waals surface area contributed by atoms with Gasteiger partial charge in [0.25, 0.3) is 5.91 Å². The van der Waals surface area contributed by atoms with E-state index in [0.717, 1.165) is 17.7 Å². The molecule has 1 atom stereocenters. The Hall–Kier alpha value is -2.27. The Morgan fingerprint density at radius 3 is 2.27 bits per heavy atom. The first-order chi connectivity index (χ1) is 10.6. The smallest absolute Gasteiger partial charge is 0.257 e. The molecule has 0 aliphatic carbocycles. The van der Waals surface area contributed by atoms with Crippen LogP contribution in [0.4, 0.5) is 8.78 Å². The van der Waals surface area contributed by atoms with Gasteiger partial charge >= 0.3 is 0 Å². The fourth-order valence-electron chi connectivity index (χ4n) is 2.29. The van der Waals surface area contributed by atoms with E-state index in [-0.39, 0.29) is 19.1 Å². The summed E-state index contributed by atoms with van der Waals surface area (Å²) in [5, 5.41) is 11.7. The average molecular weight is 305 g/mol. The molecular formula is C17H17F2NO2. The molecular weight excluding hydrogens is 288 g/mol. The third-order valence-electron chi connectivity index (χ3n) is 3.45. The highest BCUT2D eigenvalue weighted by atomic mass is 19.1. The van der Waals surface area contributed by atoms with Gasteiger partial charge in [-0.1, -0.05) is 36.4 Å². The summed E-state index contributed by atoms with van der Waals surface area (Å²) in [6.07, 6.45) is 0.448. The van der Waals surface area contributed by atoms with Gasteiger partial charge in [0.15, 0.2) is 0 Å². The molecule has 1 amide bonds. The van der Waals surface area contributed by atoms with Crippen LogP contribution in [0.2, 0.25) is 0 Å². The van der Waals surface area contributed by atoms with Gasteiger partial charge in [0.05, 0.1) is 0 Å². The van der Waals surface area contributed by atoms with Crippen LogP contribution in [0, 0.1) is 11.6 Å². The number of hydrogen-bond donors (Lipinski definition) is 2. The van der Waals surface area contributed by atoms with Gasteiger partial charge in [0, 0.05) is 19.1 Å². The van der Waals surface area contributed by atoms with Crippen molar-refractivity contribution in [2.24, 2.45) is 0 Å². The summed E-state index contributed by atoms with van der Waals surface area (Å²) >= 11 is 0. The summed E-state index contributed by atoms with van der Waals surface area (Å²) in [4.78, 5) is 12.0. The average Bonchev–Trinajstić information content (AvgIpc) is 2.52. The third kappa shape index (κ3) is 3.89. The Balaban J connectivity index is 2.08. The second kappa shape index (κ2) is 7.66. The molecule has 2 rings (SSSR count). The Bertz CT molecular complexity index is 612. The van der Waals surface area contributed by atoms with Gasteiger partial charge in [-0.3, -0.25) is 4.79 Å².